The minimum atomic E-state index is -0.242. The molecule has 0 amide bonds. The molecule has 2 nitrogen and oxygen atoms in total. The predicted octanol–water partition coefficient (Wildman–Crippen LogP) is 3.26. The van der Waals surface area contributed by atoms with Crippen molar-refractivity contribution in [1.82, 2.24) is 0 Å². The molecule has 1 aliphatic heterocycles. The number of halogens is 2. The molecule has 16 heavy (non-hydrogen) atoms. The summed E-state index contributed by atoms with van der Waals surface area (Å²) in [5, 5.41) is 0.709. The average molecular weight is 259 g/mol. The van der Waals surface area contributed by atoms with Gasteiger partial charge < -0.3 is 9.47 Å². The van der Waals surface area contributed by atoms with Crippen LogP contribution in [0.2, 0.25) is 5.02 Å². The first kappa shape index (κ1) is 10.7. The van der Waals surface area contributed by atoms with Crippen molar-refractivity contribution in [2.24, 2.45) is 0 Å². The maximum atomic E-state index is 6.36. The fourth-order valence-electron chi connectivity index (χ4n) is 1.85. The maximum absolute atomic E-state index is 6.36. The van der Waals surface area contributed by atoms with Crippen molar-refractivity contribution in [1.29, 1.82) is 0 Å². The molecule has 1 atom stereocenters. The van der Waals surface area contributed by atoms with E-state index in [-0.39, 0.29) is 10.5 Å². The largest absolute Gasteiger partial charge is 0.490 e. The third-order valence-electron chi connectivity index (χ3n) is 3.28. The molecule has 86 valence electrons. The third-order valence-corrected chi connectivity index (χ3v) is 4.26. The summed E-state index contributed by atoms with van der Waals surface area (Å²) in [5.74, 6) is 0.806. The Morgan fingerprint density at radius 1 is 1.25 bits per heavy atom. The first-order chi connectivity index (χ1) is 7.64. The highest BCUT2D eigenvalue weighted by Crippen LogP contribution is 2.58. The number of rotatable bonds is 4. The second kappa shape index (κ2) is 3.52. The summed E-state index contributed by atoms with van der Waals surface area (Å²) in [4.78, 5) is -0.167. The Balaban J connectivity index is 1.63. The molecule has 2 fully saturated rings. The van der Waals surface area contributed by atoms with E-state index in [2.05, 4.69) is 0 Å². The second-order valence-corrected chi connectivity index (χ2v) is 5.65. The molecular formula is C12H12Cl2O2. The number of hydrogen-bond acceptors (Lipinski definition) is 2. The third kappa shape index (κ3) is 1.79. The monoisotopic (exact) mass is 258 g/mol. The number of alkyl halides is 1. The second-order valence-electron chi connectivity index (χ2n) is 4.49. The van der Waals surface area contributed by atoms with E-state index in [1.807, 2.05) is 24.3 Å². The molecule has 1 heterocycles. The van der Waals surface area contributed by atoms with Crippen molar-refractivity contribution in [3.63, 3.8) is 0 Å². The van der Waals surface area contributed by atoms with Gasteiger partial charge in [0.1, 0.15) is 18.0 Å². The van der Waals surface area contributed by atoms with Crippen molar-refractivity contribution in [3.8, 4) is 5.75 Å². The zero-order valence-electron chi connectivity index (χ0n) is 8.71. The Bertz CT molecular complexity index is 394. The van der Waals surface area contributed by atoms with Gasteiger partial charge in [-0.05, 0) is 37.1 Å². The highest BCUT2D eigenvalue weighted by atomic mass is 35.5. The lowest BCUT2D eigenvalue weighted by atomic mass is 10.1. The first-order valence-electron chi connectivity index (χ1n) is 5.35. The summed E-state index contributed by atoms with van der Waals surface area (Å²) < 4.78 is 11.2. The van der Waals surface area contributed by atoms with Gasteiger partial charge in [-0.25, -0.2) is 0 Å². The molecule has 0 bridgehead atoms. The van der Waals surface area contributed by atoms with E-state index >= 15 is 0 Å². The number of hydrogen-bond donors (Lipinski definition) is 0. The van der Waals surface area contributed by atoms with Crippen LogP contribution in [0, 0.1) is 0 Å². The topological polar surface area (TPSA) is 21.8 Å². The smallest absolute Gasteiger partial charge is 0.144 e. The molecule has 1 aromatic carbocycles. The van der Waals surface area contributed by atoms with Crippen LogP contribution in [0.5, 0.6) is 5.75 Å². The number of epoxide rings is 1. The molecule has 0 radical (unpaired) electrons. The van der Waals surface area contributed by atoms with Gasteiger partial charge in [-0.2, -0.15) is 0 Å². The SMILES string of the molecule is Clc1ccc(OCC2(C3(Cl)CC3)CO2)cc1. The molecule has 0 aromatic heterocycles. The quantitative estimate of drug-likeness (QED) is 0.611. The van der Waals surface area contributed by atoms with E-state index < -0.39 is 0 Å². The Hall–Kier alpha value is -0.440. The maximum Gasteiger partial charge on any atom is 0.144 e. The zero-order valence-corrected chi connectivity index (χ0v) is 10.2. The summed E-state index contributed by atoms with van der Waals surface area (Å²) in [5.41, 5.74) is -0.242. The fraction of sp³-hybridized carbons (Fsp3) is 0.500. The van der Waals surface area contributed by atoms with Crippen LogP contribution in [0.4, 0.5) is 0 Å². The van der Waals surface area contributed by atoms with Crippen molar-refractivity contribution in [2.45, 2.75) is 23.3 Å². The Morgan fingerprint density at radius 3 is 2.38 bits per heavy atom. The van der Waals surface area contributed by atoms with E-state index in [0.717, 1.165) is 18.6 Å². The summed E-state index contributed by atoms with van der Waals surface area (Å²) in [7, 11) is 0. The molecule has 1 aromatic rings. The van der Waals surface area contributed by atoms with Gasteiger partial charge in [0.2, 0.25) is 0 Å². The minimum Gasteiger partial charge on any atom is -0.490 e. The molecule has 2 aliphatic rings. The van der Waals surface area contributed by atoms with Crippen LogP contribution in [-0.4, -0.2) is 23.7 Å². The van der Waals surface area contributed by atoms with Crippen LogP contribution in [-0.2, 0) is 4.74 Å². The van der Waals surface area contributed by atoms with Crippen LogP contribution < -0.4 is 4.74 Å². The molecular weight excluding hydrogens is 247 g/mol. The Morgan fingerprint density at radius 2 is 1.88 bits per heavy atom. The van der Waals surface area contributed by atoms with Crippen LogP contribution >= 0.6 is 23.2 Å². The molecule has 1 saturated carbocycles. The molecule has 3 rings (SSSR count). The highest BCUT2D eigenvalue weighted by Gasteiger charge is 2.67. The van der Waals surface area contributed by atoms with Crippen LogP contribution in [0.1, 0.15) is 12.8 Å². The summed E-state index contributed by atoms with van der Waals surface area (Å²) >= 11 is 12.2. The van der Waals surface area contributed by atoms with Crippen LogP contribution in [0.25, 0.3) is 0 Å². The average Bonchev–Trinajstić information content (AvgIpc) is 3.15. The van der Waals surface area contributed by atoms with E-state index in [0.29, 0.717) is 18.2 Å². The van der Waals surface area contributed by atoms with Crippen molar-refractivity contribution < 1.29 is 9.47 Å². The van der Waals surface area contributed by atoms with Gasteiger partial charge in [0.05, 0.1) is 11.5 Å². The van der Waals surface area contributed by atoms with Gasteiger partial charge in [-0.15, -0.1) is 11.6 Å². The highest BCUT2D eigenvalue weighted by molar-refractivity contribution is 6.30. The molecule has 1 unspecified atom stereocenters. The van der Waals surface area contributed by atoms with Crippen LogP contribution in [0.15, 0.2) is 24.3 Å². The predicted molar refractivity (Wildman–Crippen MR) is 63.4 cm³/mol. The normalized spacial score (nSPS) is 29.9. The van der Waals surface area contributed by atoms with Crippen molar-refractivity contribution in [3.05, 3.63) is 29.3 Å². The van der Waals surface area contributed by atoms with Gasteiger partial charge in [0, 0.05) is 5.02 Å². The Kier molecular flexibility index (Phi) is 2.36. The summed E-state index contributed by atoms with van der Waals surface area (Å²) in [6, 6.07) is 7.33. The fourth-order valence-corrected chi connectivity index (χ4v) is 2.24. The Labute approximate surface area is 104 Å². The van der Waals surface area contributed by atoms with Gasteiger partial charge in [-0.1, -0.05) is 11.6 Å². The van der Waals surface area contributed by atoms with E-state index in [4.69, 9.17) is 32.7 Å². The summed E-state index contributed by atoms with van der Waals surface area (Å²) in [6.07, 6.45) is 2.05. The molecule has 0 N–H and O–H groups in total. The van der Waals surface area contributed by atoms with Gasteiger partial charge in [0.15, 0.2) is 0 Å². The first-order valence-corrected chi connectivity index (χ1v) is 6.11. The zero-order chi connectivity index (χ0) is 11.2. The van der Waals surface area contributed by atoms with E-state index in [1.165, 1.54) is 0 Å². The summed E-state index contributed by atoms with van der Waals surface area (Å²) in [6.45, 7) is 1.24. The van der Waals surface area contributed by atoms with Gasteiger partial charge in [-0.3, -0.25) is 0 Å². The standard InChI is InChI=1S/C12H12Cl2O2/c13-9-1-3-10(4-2-9)15-7-12(8-16-12)11(14)5-6-11/h1-4H,5-8H2. The number of ether oxygens (including phenoxy) is 2. The lowest BCUT2D eigenvalue weighted by molar-refractivity contribution is 0.178. The minimum absolute atomic E-state index is 0.167. The van der Waals surface area contributed by atoms with Crippen molar-refractivity contribution >= 4 is 23.2 Å². The lowest BCUT2D eigenvalue weighted by Crippen LogP contribution is -2.33. The van der Waals surface area contributed by atoms with Gasteiger partial charge in [0.25, 0.3) is 0 Å². The van der Waals surface area contributed by atoms with E-state index in [1.54, 1.807) is 0 Å². The number of benzene rings is 1. The molecule has 0 spiro atoms. The molecule has 4 heteroatoms. The van der Waals surface area contributed by atoms with Crippen LogP contribution in [0.3, 0.4) is 0 Å². The lowest BCUT2D eigenvalue weighted by Gasteiger charge is -2.17. The van der Waals surface area contributed by atoms with E-state index in [9.17, 15) is 0 Å². The molecule has 1 saturated heterocycles. The van der Waals surface area contributed by atoms with Gasteiger partial charge >= 0.3 is 0 Å². The molecule has 1 aliphatic carbocycles. The van der Waals surface area contributed by atoms with Crippen molar-refractivity contribution in [2.75, 3.05) is 13.2 Å².